The third-order valence-electron chi connectivity index (χ3n) is 4.48. The predicted molar refractivity (Wildman–Crippen MR) is 84.4 cm³/mol. The fourth-order valence-corrected chi connectivity index (χ4v) is 3.08. The van der Waals surface area contributed by atoms with Gasteiger partial charge in [-0.2, -0.15) is 0 Å². The molecule has 0 aromatic carbocycles. The molecule has 0 heterocycles. The monoisotopic (exact) mass is 281 g/mol. The SMILES string of the molecule is CCCCCCCCC[CH]C(=O)OC(C)C1CCCC1. The molecule has 1 rings (SSSR count). The Bertz CT molecular complexity index is 244. The third-order valence-corrected chi connectivity index (χ3v) is 4.48. The van der Waals surface area contributed by atoms with Crippen molar-refractivity contribution in [1.82, 2.24) is 0 Å². The van der Waals surface area contributed by atoms with Crippen LogP contribution in [0.1, 0.15) is 90.9 Å². The summed E-state index contributed by atoms with van der Waals surface area (Å²) in [5.41, 5.74) is 0. The normalized spacial score (nSPS) is 17.3. The van der Waals surface area contributed by atoms with Crippen LogP contribution >= 0.6 is 0 Å². The van der Waals surface area contributed by atoms with Crippen LogP contribution in [0.25, 0.3) is 0 Å². The van der Waals surface area contributed by atoms with Crippen molar-refractivity contribution < 1.29 is 9.53 Å². The van der Waals surface area contributed by atoms with E-state index in [0.29, 0.717) is 5.92 Å². The minimum absolute atomic E-state index is 0.101. The zero-order chi connectivity index (χ0) is 14.6. The highest BCUT2D eigenvalue weighted by molar-refractivity contribution is 5.78. The molecule has 2 nitrogen and oxygen atoms in total. The van der Waals surface area contributed by atoms with Crippen LogP contribution in [0.4, 0.5) is 0 Å². The summed E-state index contributed by atoms with van der Waals surface area (Å²) in [6.07, 6.45) is 16.8. The van der Waals surface area contributed by atoms with Gasteiger partial charge in [0.2, 0.25) is 0 Å². The summed E-state index contributed by atoms with van der Waals surface area (Å²) in [5.74, 6) is 0.501. The van der Waals surface area contributed by atoms with Gasteiger partial charge in [-0.1, -0.05) is 64.7 Å². The van der Waals surface area contributed by atoms with Crippen LogP contribution in [0, 0.1) is 12.3 Å². The number of esters is 1. The Morgan fingerprint density at radius 3 is 2.35 bits per heavy atom. The lowest BCUT2D eigenvalue weighted by Crippen LogP contribution is -2.22. The van der Waals surface area contributed by atoms with Crippen molar-refractivity contribution in [1.29, 1.82) is 0 Å². The molecule has 1 radical (unpaired) electrons. The van der Waals surface area contributed by atoms with Gasteiger partial charge in [0.1, 0.15) is 6.10 Å². The van der Waals surface area contributed by atoms with Gasteiger partial charge in [-0.05, 0) is 32.1 Å². The van der Waals surface area contributed by atoms with E-state index in [2.05, 4.69) is 13.8 Å². The standard InChI is InChI=1S/C18H33O2/c1-3-4-5-6-7-8-9-10-15-18(19)20-16(2)17-13-11-12-14-17/h15-17H,3-14H2,1-2H3. The van der Waals surface area contributed by atoms with Gasteiger partial charge >= 0.3 is 5.97 Å². The Hall–Kier alpha value is -0.530. The molecule has 20 heavy (non-hydrogen) atoms. The van der Waals surface area contributed by atoms with Gasteiger partial charge in [0.15, 0.2) is 0 Å². The molecule has 0 aromatic rings. The number of unbranched alkanes of at least 4 members (excludes halogenated alkanes) is 7. The van der Waals surface area contributed by atoms with Gasteiger partial charge in [-0.15, -0.1) is 0 Å². The molecule has 0 spiro atoms. The molecule has 1 atom stereocenters. The zero-order valence-electron chi connectivity index (χ0n) is 13.5. The predicted octanol–water partition coefficient (Wildman–Crippen LogP) is 5.45. The molecule has 0 aromatic heterocycles. The highest BCUT2D eigenvalue weighted by atomic mass is 16.5. The van der Waals surface area contributed by atoms with Crippen LogP contribution in [0.3, 0.4) is 0 Å². The Morgan fingerprint density at radius 2 is 1.70 bits per heavy atom. The largest absolute Gasteiger partial charge is 0.462 e. The van der Waals surface area contributed by atoms with E-state index in [0.717, 1.165) is 12.8 Å². The second-order valence-electron chi connectivity index (χ2n) is 6.30. The van der Waals surface area contributed by atoms with Gasteiger partial charge in [-0.25, -0.2) is 0 Å². The Balaban J connectivity index is 1.92. The van der Waals surface area contributed by atoms with Gasteiger partial charge < -0.3 is 4.74 Å². The maximum Gasteiger partial charge on any atom is 0.310 e. The molecule has 2 heteroatoms. The summed E-state index contributed by atoms with van der Waals surface area (Å²) in [7, 11) is 0. The van der Waals surface area contributed by atoms with E-state index in [1.165, 1.54) is 64.2 Å². The van der Waals surface area contributed by atoms with Crippen LogP contribution in [0.15, 0.2) is 0 Å². The number of carbonyl (C=O) groups is 1. The lowest BCUT2D eigenvalue weighted by atomic mass is 10.0. The second-order valence-corrected chi connectivity index (χ2v) is 6.30. The molecule has 1 unspecified atom stereocenters. The van der Waals surface area contributed by atoms with Crippen LogP contribution in [-0.4, -0.2) is 12.1 Å². The first-order valence-corrected chi connectivity index (χ1v) is 8.78. The highest BCUT2D eigenvalue weighted by Gasteiger charge is 2.24. The molecular formula is C18H33O2. The second kappa shape index (κ2) is 11.2. The summed E-state index contributed by atoms with van der Waals surface area (Å²) in [6, 6.07) is 0. The number of rotatable bonds is 11. The number of hydrogen-bond donors (Lipinski definition) is 0. The Morgan fingerprint density at radius 1 is 1.10 bits per heavy atom. The molecule has 0 saturated heterocycles. The molecule has 117 valence electrons. The lowest BCUT2D eigenvalue weighted by Gasteiger charge is -2.19. The van der Waals surface area contributed by atoms with Crippen LogP contribution in [0.2, 0.25) is 0 Å². The number of carbonyl (C=O) groups excluding carboxylic acids is 1. The van der Waals surface area contributed by atoms with E-state index >= 15 is 0 Å². The number of ether oxygens (including phenoxy) is 1. The molecule has 0 amide bonds. The lowest BCUT2D eigenvalue weighted by molar-refractivity contribution is -0.146. The van der Waals surface area contributed by atoms with E-state index in [4.69, 9.17) is 4.74 Å². The Kier molecular flexibility index (Phi) is 9.78. The van der Waals surface area contributed by atoms with E-state index in [-0.39, 0.29) is 12.1 Å². The molecule has 0 N–H and O–H groups in total. The molecule has 0 aliphatic heterocycles. The van der Waals surface area contributed by atoms with Crippen LogP contribution in [0.5, 0.6) is 0 Å². The van der Waals surface area contributed by atoms with E-state index in [1.54, 1.807) is 6.42 Å². The van der Waals surface area contributed by atoms with Crippen molar-refractivity contribution in [2.75, 3.05) is 0 Å². The van der Waals surface area contributed by atoms with Crippen LogP contribution in [-0.2, 0) is 9.53 Å². The maximum atomic E-state index is 11.7. The Labute approximate surface area is 125 Å². The van der Waals surface area contributed by atoms with Gasteiger partial charge in [0.05, 0.1) is 6.42 Å². The minimum atomic E-state index is -0.101. The quantitative estimate of drug-likeness (QED) is 0.371. The van der Waals surface area contributed by atoms with Crippen molar-refractivity contribution in [3.8, 4) is 0 Å². The van der Waals surface area contributed by atoms with Crippen molar-refractivity contribution >= 4 is 5.97 Å². The molecule has 1 saturated carbocycles. The average Bonchev–Trinajstić information content (AvgIpc) is 2.96. The first-order valence-electron chi connectivity index (χ1n) is 8.78. The first-order chi connectivity index (χ1) is 9.74. The van der Waals surface area contributed by atoms with Gasteiger partial charge in [-0.3, -0.25) is 4.79 Å². The summed E-state index contributed by atoms with van der Waals surface area (Å²) < 4.78 is 5.50. The van der Waals surface area contributed by atoms with Crippen LogP contribution < -0.4 is 0 Å². The smallest absolute Gasteiger partial charge is 0.310 e. The maximum absolute atomic E-state index is 11.7. The van der Waals surface area contributed by atoms with E-state index in [1.807, 2.05) is 0 Å². The number of hydrogen-bond acceptors (Lipinski definition) is 2. The molecule has 1 fully saturated rings. The molecule has 1 aliphatic rings. The average molecular weight is 281 g/mol. The highest BCUT2D eigenvalue weighted by Crippen LogP contribution is 2.29. The molecule has 0 bridgehead atoms. The third kappa shape index (κ3) is 7.91. The molecule has 1 aliphatic carbocycles. The summed E-state index contributed by atoms with van der Waals surface area (Å²) in [4.78, 5) is 11.7. The van der Waals surface area contributed by atoms with Gasteiger partial charge in [0, 0.05) is 0 Å². The van der Waals surface area contributed by atoms with Crippen molar-refractivity contribution in [2.24, 2.45) is 5.92 Å². The van der Waals surface area contributed by atoms with Crippen molar-refractivity contribution in [3.05, 3.63) is 6.42 Å². The fraction of sp³-hybridized carbons (Fsp3) is 0.889. The van der Waals surface area contributed by atoms with E-state index < -0.39 is 0 Å². The zero-order valence-corrected chi connectivity index (χ0v) is 13.5. The fourth-order valence-electron chi connectivity index (χ4n) is 3.08. The summed E-state index contributed by atoms with van der Waals surface area (Å²) >= 11 is 0. The topological polar surface area (TPSA) is 26.3 Å². The minimum Gasteiger partial charge on any atom is -0.462 e. The summed E-state index contributed by atoms with van der Waals surface area (Å²) in [6.45, 7) is 4.29. The first kappa shape index (κ1) is 17.5. The molecular weight excluding hydrogens is 248 g/mol. The van der Waals surface area contributed by atoms with Crippen molar-refractivity contribution in [2.45, 2.75) is 97.0 Å². The van der Waals surface area contributed by atoms with E-state index in [9.17, 15) is 4.79 Å². The van der Waals surface area contributed by atoms with Crippen molar-refractivity contribution in [3.63, 3.8) is 0 Å². The summed E-state index contributed by atoms with van der Waals surface area (Å²) in [5, 5.41) is 0. The van der Waals surface area contributed by atoms with Gasteiger partial charge in [0.25, 0.3) is 0 Å².